The first-order valence-corrected chi connectivity index (χ1v) is 5.22. The number of rotatable bonds is 2. The summed E-state index contributed by atoms with van der Waals surface area (Å²) >= 11 is 0. The van der Waals surface area contributed by atoms with Crippen LogP contribution in [0, 0.1) is 5.82 Å². The minimum atomic E-state index is -1.34. The molecule has 0 radical (unpaired) electrons. The highest BCUT2D eigenvalue weighted by Crippen LogP contribution is 2.19. The van der Waals surface area contributed by atoms with E-state index in [0.717, 1.165) is 6.07 Å². The van der Waals surface area contributed by atoms with Crippen LogP contribution in [-0.2, 0) is 0 Å². The smallest absolute Gasteiger partial charge is 0.338 e. The molecule has 0 fully saturated rings. The average molecular weight is 259 g/mol. The van der Waals surface area contributed by atoms with Gasteiger partial charge < -0.3 is 5.11 Å². The number of carboxylic acids is 1. The molecule has 94 valence electrons. The number of aromatic amines is 1. The third-order valence-electron chi connectivity index (χ3n) is 2.54. The number of hydrogen-bond donors (Lipinski definition) is 2. The van der Waals surface area contributed by atoms with E-state index in [1.54, 1.807) is 0 Å². The molecule has 0 saturated carbocycles. The van der Waals surface area contributed by atoms with Gasteiger partial charge in [-0.3, -0.25) is 0 Å². The monoisotopic (exact) mass is 259 g/mol. The van der Waals surface area contributed by atoms with Gasteiger partial charge in [0.1, 0.15) is 11.3 Å². The predicted molar refractivity (Wildman–Crippen MR) is 61.8 cm³/mol. The number of H-pyrrole nitrogens is 1. The highest BCUT2D eigenvalue weighted by atomic mass is 19.1. The van der Waals surface area contributed by atoms with E-state index in [0.29, 0.717) is 16.7 Å². The Kier molecular flexibility index (Phi) is 2.41. The largest absolute Gasteiger partial charge is 0.478 e. The number of benzene rings is 1. The van der Waals surface area contributed by atoms with Crippen LogP contribution in [0.1, 0.15) is 10.4 Å². The lowest BCUT2D eigenvalue weighted by molar-refractivity contribution is 0.0692. The molecule has 2 heterocycles. The van der Waals surface area contributed by atoms with Crippen molar-refractivity contribution in [1.82, 2.24) is 25.4 Å². The van der Waals surface area contributed by atoms with E-state index in [1.807, 2.05) is 0 Å². The van der Waals surface area contributed by atoms with Gasteiger partial charge in [-0.1, -0.05) is 5.21 Å². The maximum atomic E-state index is 13.3. The lowest BCUT2D eigenvalue weighted by Crippen LogP contribution is -2.01. The van der Waals surface area contributed by atoms with Crippen molar-refractivity contribution in [3.05, 3.63) is 35.8 Å². The van der Waals surface area contributed by atoms with Crippen molar-refractivity contribution >= 4 is 17.1 Å². The van der Waals surface area contributed by atoms with Crippen LogP contribution in [0.2, 0.25) is 0 Å². The molecule has 0 atom stereocenters. The zero-order valence-corrected chi connectivity index (χ0v) is 9.33. The average Bonchev–Trinajstić information content (AvgIpc) is 2.86. The molecule has 2 N–H and O–H groups in total. The first kappa shape index (κ1) is 11.2. The third kappa shape index (κ3) is 1.88. The maximum Gasteiger partial charge on any atom is 0.338 e. The molecule has 0 bridgehead atoms. The van der Waals surface area contributed by atoms with E-state index in [-0.39, 0.29) is 5.82 Å². The van der Waals surface area contributed by atoms with Gasteiger partial charge in [0, 0.05) is 5.56 Å². The lowest BCUT2D eigenvalue weighted by atomic mass is 10.1. The molecule has 2 aromatic heterocycles. The molecule has 0 aliphatic heterocycles. The SMILES string of the molecule is O=C(O)c1cc(-c2ncc3nn[nH]c3n2)ccc1F. The molecule has 1 aromatic carbocycles. The summed E-state index contributed by atoms with van der Waals surface area (Å²) in [5, 5.41) is 18.7. The van der Waals surface area contributed by atoms with E-state index in [9.17, 15) is 9.18 Å². The third-order valence-corrected chi connectivity index (χ3v) is 2.54. The highest BCUT2D eigenvalue weighted by Gasteiger charge is 2.13. The fraction of sp³-hybridized carbons (Fsp3) is 0. The Morgan fingerprint density at radius 1 is 1.37 bits per heavy atom. The number of nitrogens with one attached hydrogen (secondary N) is 1. The van der Waals surface area contributed by atoms with Crippen molar-refractivity contribution in [3.63, 3.8) is 0 Å². The van der Waals surface area contributed by atoms with Crippen LogP contribution >= 0.6 is 0 Å². The number of carboxylic acid groups (broad SMARTS) is 1. The van der Waals surface area contributed by atoms with Crippen LogP contribution in [0.3, 0.4) is 0 Å². The second-order valence-corrected chi connectivity index (χ2v) is 3.74. The van der Waals surface area contributed by atoms with E-state index in [4.69, 9.17) is 5.11 Å². The Bertz CT molecular complexity index is 786. The Hall–Kier alpha value is -2.90. The number of aromatic carboxylic acids is 1. The first-order valence-electron chi connectivity index (χ1n) is 5.22. The van der Waals surface area contributed by atoms with Crippen LogP contribution in [0.4, 0.5) is 4.39 Å². The molecular formula is C11H6FN5O2. The Balaban J connectivity index is 2.15. The minimum absolute atomic E-state index is 0.265. The maximum absolute atomic E-state index is 13.3. The van der Waals surface area contributed by atoms with Gasteiger partial charge in [0.2, 0.25) is 0 Å². The summed E-state index contributed by atoms with van der Waals surface area (Å²) in [5.74, 6) is -1.88. The number of aromatic nitrogens is 5. The van der Waals surface area contributed by atoms with Gasteiger partial charge in [-0.25, -0.2) is 24.3 Å². The number of nitrogens with zero attached hydrogens (tertiary/aromatic N) is 4. The molecular weight excluding hydrogens is 253 g/mol. The number of carbonyl (C=O) groups is 1. The van der Waals surface area contributed by atoms with Crippen LogP contribution in [0.25, 0.3) is 22.6 Å². The second-order valence-electron chi connectivity index (χ2n) is 3.74. The zero-order valence-electron chi connectivity index (χ0n) is 9.33. The van der Waals surface area contributed by atoms with Gasteiger partial charge in [0.15, 0.2) is 11.5 Å². The molecule has 19 heavy (non-hydrogen) atoms. The van der Waals surface area contributed by atoms with Crippen molar-refractivity contribution in [1.29, 1.82) is 0 Å². The fourth-order valence-electron chi connectivity index (χ4n) is 1.62. The highest BCUT2D eigenvalue weighted by molar-refractivity contribution is 5.89. The molecule has 0 amide bonds. The van der Waals surface area contributed by atoms with Crippen LogP contribution < -0.4 is 0 Å². The second kappa shape index (κ2) is 4.09. The van der Waals surface area contributed by atoms with Crippen molar-refractivity contribution in [2.45, 2.75) is 0 Å². The Morgan fingerprint density at radius 3 is 3.00 bits per heavy atom. The molecule has 0 unspecified atom stereocenters. The normalized spacial score (nSPS) is 10.8. The fourth-order valence-corrected chi connectivity index (χ4v) is 1.62. The van der Waals surface area contributed by atoms with E-state index >= 15 is 0 Å². The number of halogens is 1. The molecule has 0 saturated heterocycles. The first-order chi connectivity index (χ1) is 9.15. The summed E-state index contributed by atoms with van der Waals surface area (Å²) in [5.41, 5.74) is 0.884. The topological polar surface area (TPSA) is 105 Å². The number of hydrogen-bond acceptors (Lipinski definition) is 5. The quantitative estimate of drug-likeness (QED) is 0.717. The summed E-state index contributed by atoms with van der Waals surface area (Å²) in [6, 6.07) is 3.66. The minimum Gasteiger partial charge on any atom is -0.478 e. The molecule has 8 heteroatoms. The molecule has 7 nitrogen and oxygen atoms in total. The van der Waals surface area contributed by atoms with Crippen LogP contribution in [0.5, 0.6) is 0 Å². The van der Waals surface area contributed by atoms with Gasteiger partial charge >= 0.3 is 5.97 Å². The molecule has 0 aliphatic rings. The van der Waals surface area contributed by atoms with Gasteiger partial charge in [-0.15, -0.1) is 5.10 Å². The van der Waals surface area contributed by atoms with Gasteiger partial charge in [0.25, 0.3) is 0 Å². The summed E-state index contributed by atoms with van der Waals surface area (Å²) in [6.45, 7) is 0. The van der Waals surface area contributed by atoms with Gasteiger partial charge in [0.05, 0.1) is 11.8 Å². The molecule has 0 aliphatic carbocycles. The van der Waals surface area contributed by atoms with E-state index in [1.165, 1.54) is 18.3 Å². The predicted octanol–water partition coefficient (Wildman–Crippen LogP) is 1.25. The van der Waals surface area contributed by atoms with E-state index in [2.05, 4.69) is 25.4 Å². The Morgan fingerprint density at radius 2 is 2.21 bits per heavy atom. The molecule has 3 aromatic rings. The van der Waals surface area contributed by atoms with Crippen molar-refractivity contribution < 1.29 is 14.3 Å². The van der Waals surface area contributed by atoms with Crippen LogP contribution in [0.15, 0.2) is 24.4 Å². The lowest BCUT2D eigenvalue weighted by Gasteiger charge is -2.02. The van der Waals surface area contributed by atoms with Crippen molar-refractivity contribution in [3.8, 4) is 11.4 Å². The summed E-state index contributed by atoms with van der Waals surface area (Å²) in [4.78, 5) is 19.0. The summed E-state index contributed by atoms with van der Waals surface area (Å²) in [6.07, 6.45) is 1.45. The van der Waals surface area contributed by atoms with E-state index < -0.39 is 17.3 Å². The number of fused-ring (bicyclic) bond motifs is 1. The summed E-state index contributed by atoms with van der Waals surface area (Å²) in [7, 11) is 0. The Labute approximate surface area is 105 Å². The van der Waals surface area contributed by atoms with Crippen molar-refractivity contribution in [2.75, 3.05) is 0 Å². The van der Waals surface area contributed by atoms with Gasteiger partial charge in [-0.2, -0.15) is 0 Å². The standard InChI is InChI=1S/C11H6FN5O2/c12-7-2-1-5(3-6(7)11(18)19)9-13-4-8-10(14-9)16-17-15-8/h1-4H,(H,18,19)(H,13,14,15,16,17). The molecule has 3 rings (SSSR count). The molecule has 0 spiro atoms. The zero-order chi connectivity index (χ0) is 13.4. The van der Waals surface area contributed by atoms with Crippen molar-refractivity contribution in [2.24, 2.45) is 0 Å². The van der Waals surface area contributed by atoms with Crippen LogP contribution in [-0.4, -0.2) is 36.5 Å². The van der Waals surface area contributed by atoms with Gasteiger partial charge in [-0.05, 0) is 18.2 Å². The summed E-state index contributed by atoms with van der Waals surface area (Å²) < 4.78 is 13.3.